The van der Waals surface area contributed by atoms with Crippen molar-refractivity contribution >= 4 is 11.3 Å². The minimum atomic E-state index is 0.261. The van der Waals surface area contributed by atoms with Gasteiger partial charge in [0.15, 0.2) is 0 Å². The lowest BCUT2D eigenvalue weighted by molar-refractivity contribution is 0.176. The van der Waals surface area contributed by atoms with Gasteiger partial charge in [-0.25, -0.2) is 0 Å². The normalized spacial score (nSPS) is 24.2. The van der Waals surface area contributed by atoms with Crippen molar-refractivity contribution in [1.29, 1.82) is 0 Å². The van der Waals surface area contributed by atoms with E-state index < -0.39 is 0 Å². The summed E-state index contributed by atoms with van der Waals surface area (Å²) in [5.41, 5.74) is 6.45. The van der Waals surface area contributed by atoms with Gasteiger partial charge in [-0.05, 0) is 56.1 Å². The van der Waals surface area contributed by atoms with E-state index in [9.17, 15) is 0 Å². The number of nitrogens with two attached hydrogens (primary N) is 1. The molecule has 0 radical (unpaired) electrons. The van der Waals surface area contributed by atoms with Crippen molar-refractivity contribution in [2.75, 3.05) is 13.1 Å². The first-order valence-electron chi connectivity index (χ1n) is 8.29. The molecule has 1 aliphatic heterocycles. The fourth-order valence-corrected chi connectivity index (χ4v) is 4.44. The second kappa shape index (κ2) is 8.16. The predicted octanol–water partition coefficient (Wildman–Crippen LogP) is 4.43. The Labute approximate surface area is 128 Å². The topological polar surface area (TPSA) is 29.3 Å². The molecule has 0 spiro atoms. The molecule has 114 valence electrons. The molecule has 2 heterocycles. The van der Waals surface area contributed by atoms with E-state index in [2.05, 4.69) is 36.3 Å². The third-order valence-electron chi connectivity index (χ3n) is 4.68. The van der Waals surface area contributed by atoms with Gasteiger partial charge in [-0.15, -0.1) is 11.3 Å². The molecule has 3 heteroatoms. The maximum atomic E-state index is 6.45. The lowest BCUT2D eigenvalue weighted by Crippen LogP contribution is -2.41. The largest absolute Gasteiger partial charge is 0.326 e. The van der Waals surface area contributed by atoms with E-state index in [-0.39, 0.29) is 6.04 Å². The lowest BCUT2D eigenvalue weighted by atomic mass is 9.96. The number of rotatable bonds is 6. The van der Waals surface area contributed by atoms with Gasteiger partial charge in [0.05, 0.1) is 6.04 Å². The van der Waals surface area contributed by atoms with Crippen molar-refractivity contribution in [3.8, 4) is 0 Å². The Bertz CT molecular complexity index is 363. The van der Waals surface area contributed by atoms with Crippen LogP contribution in [0.1, 0.15) is 63.3 Å². The number of hydrogen-bond donors (Lipinski definition) is 1. The summed E-state index contributed by atoms with van der Waals surface area (Å²) in [6.45, 7) is 6.96. The third kappa shape index (κ3) is 4.06. The first-order valence-corrected chi connectivity index (χ1v) is 9.17. The van der Waals surface area contributed by atoms with E-state index in [1.807, 2.05) is 11.3 Å². The molecule has 1 saturated heterocycles. The monoisotopic (exact) mass is 294 g/mol. The van der Waals surface area contributed by atoms with Crippen LogP contribution in [-0.2, 0) is 0 Å². The zero-order valence-corrected chi connectivity index (χ0v) is 13.9. The molecule has 3 unspecified atom stereocenters. The Hall–Kier alpha value is -0.380. The zero-order valence-electron chi connectivity index (χ0n) is 13.1. The molecule has 2 nitrogen and oxygen atoms in total. The Morgan fingerprint density at radius 1 is 1.35 bits per heavy atom. The Morgan fingerprint density at radius 3 is 2.85 bits per heavy atom. The van der Waals surface area contributed by atoms with Gasteiger partial charge in [0.1, 0.15) is 0 Å². The fourth-order valence-electron chi connectivity index (χ4n) is 3.51. The molecule has 2 N–H and O–H groups in total. The molecule has 1 fully saturated rings. The highest BCUT2D eigenvalue weighted by atomic mass is 32.1. The zero-order chi connectivity index (χ0) is 14.4. The van der Waals surface area contributed by atoms with Gasteiger partial charge in [-0.1, -0.05) is 32.8 Å². The molecule has 3 atom stereocenters. The number of hydrogen-bond acceptors (Lipinski definition) is 3. The first-order chi connectivity index (χ1) is 9.76. The summed E-state index contributed by atoms with van der Waals surface area (Å²) < 4.78 is 0. The molecule has 1 aromatic heterocycles. The summed E-state index contributed by atoms with van der Waals surface area (Å²) in [5, 5.41) is 2.18. The van der Waals surface area contributed by atoms with Crippen molar-refractivity contribution in [3.63, 3.8) is 0 Å². The molecular weight excluding hydrogens is 264 g/mol. The van der Waals surface area contributed by atoms with Crippen LogP contribution in [0.3, 0.4) is 0 Å². The molecule has 0 aliphatic carbocycles. The van der Waals surface area contributed by atoms with Crippen LogP contribution in [0.5, 0.6) is 0 Å². The highest BCUT2D eigenvalue weighted by Crippen LogP contribution is 2.32. The summed E-state index contributed by atoms with van der Waals surface area (Å²) in [4.78, 5) is 4.11. The molecule has 1 aliphatic rings. The second-order valence-electron chi connectivity index (χ2n) is 6.15. The highest BCUT2D eigenvalue weighted by molar-refractivity contribution is 7.10. The van der Waals surface area contributed by atoms with Gasteiger partial charge in [0.2, 0.25) is 0 Å². The maximum absolute atomic E-state index is 6.45. The van der Waals surface area contributed by atoms with E-state index in [4.69, 9.17) is 5.73 Å². The SMILES string of the molecule is CCCC1CCCN(C(c2cccs2)C(N)CC)CC1. The van der Waals surface area contributed by atoms with Crippen molar-refractivity contribution in [2.24, 2.45) is 11.7 Å². The molecule has 0 bridgehead atoms. The van der Waals surface area contributed by atoms with E-state index >= 15 is 0 Å². The van der Waals surface area contributed by atoms with Gasteiger partial charge < -0.3 is 5.73 Å². The molecule has 0 saturated carbocycles. The Kier molecular flexibility index (Phi) is 6.53. The standard InChI is InChI=1S/C17H30N2S/c1-3-7-14-8-5-11-19(12-10-14)17(15(18)4-2)16-9-6-13-20-16/h6,9,13-15,17H,3-5,7-8,10-12,18H2,1-2H3. The number of likely N-dealkylation sites (tertiary alicyclic amines) is 1. The van der Waals surface area contributed by atoms with Crippen LogP contribution in [0.25, 0.3) is 0 Å². The van der Waals surface area contributed by atoms with Crippen LogP contribution >= 0.6 is 11.3 Å². The van der Waals surface area contributed by atoms with Gasteiger partial charge in [-0.3, -0.25) is 4.90 Å². The van der Waals surface area contributed by atoms with Crippen molar-refractivity contribution in [3.05, 3.63) is 22.4 Å². The van der Waals surface area contributed by atoms with E-state index in [1.165, 1.54) is 50.1 Å². The van der Waals surface area contributed by atoms with Gasteiger partial charge in [0, 0.05) is 10.9 Å². The molecule has 0 amide bonds. The van der Waals surface area contributed by atoms with Gasteiger partial charge in [0.25, 0.3) is 0 Å². The maximum Gasteiger partial charge on any atom is 0.0593 e. The smallest absolute Gasteiger partial charge is 0.0593 e. The van der Waals surface area contributed by atoms with Crippen LogP contribution in [0.15, 0.2) is 17.5 Å². The third-order valence-corrected chi connectivity index (χ3v) is 5.63. The predicted molar refractivity (Wildman–Crippen MR) is 89.1 cm³/mol. The van der Waals surface area contributed by atoms with Gasteiger partial charge in [-0.2, -0.15) is 0 Å². The van der Waals surface area contributed by atoms with E-state index in [1.54, 1.807) is 0 Å². The summed E-state index contributed by atoms with van der Waals surface area (Å²) in [6.07, 6.45) is 7.88. The Balaban J connectivity index is 2.05. The van der Waals surface area contributed by atoms with Crippen molar-refractivity contribution in [1.82, 2.24) is 4.90 Å². The van der Waals surface area contributed by atoms with Crippen LogP contribution in [0.2, 0.25) is 0 Å². The summed E-state index contributed by atoms with van der Waals surface area (Å²) in [5.74, 6) is 0.937. The highest BCUT2D eigenvalue weighted by Gasteiger charge is 2.28. The summed E-state index contributed by atoms with van der Waals surface area (Å²) >= 11 is 1.86. The van der Waals surface area contributed by atoms with Crippen LogP contribution < -0.4 is 5.73 Å². The molecule has 20 heavy (non-hydrogen) atoms. The van der Waals surface area contributed by atoms with Crippen LogP contribution in [0, 0.1) is 5.92 Å². The minimum absolute atomic E-state index is 0.261. The first kappa shape index (κ1) is 16.0. The fraction of sp³-hybridized carbons (Fsp3) is 0.765. The van der Waals surface area contributed by atoms with E-state index in [0.29, 0.717) is 6.04 Å². The summed E-state index contributed by atoms with van der Waals surface area (Å²) in [6, 6.07) is 5.11. The molecular formula is C17H30N2S. The quantitative estimate of drug-likeness (QED) is 0.841. The van der Waals surface area contributed by atoms with Crippen molar-refractivity contribution < 1.29 is 0 Å². The molecule has 1 aromatic rings. The molecule has 0 aromatic carbocycles. The van der Waals surface area contributed by atoms with Crippen LogP contribution in [0.4, 0.5) is 0 Å². The average Bonchev–Trinajstić information content (AvgIpc) is 2.88. The minimum Gasteiger partial charge on any atom is -0.326 e. The van der Waals surface area contributed by atoms with Crippen molar-refractivity contribution in [2.45, 2.75) is 64.5 Å². The Morgan fingerprint density at radius 2 is 2.20 bits per heavy atom. The second-order valence-corrected chi connectivity index (χ2v) is 7.13. The van der Waals surface area contributed by atoms with Gasteiger partial charge >= 0.3 is 0 Å². The lowest BCUT2D eigenvalue weighted by Gasteiger charge is -2.34. The average molecular weight is 295 g/mol. The molecule has 2 rings (SSSR count). The number of nitrogens with zero attached hydrogens (tertiary/aromatic N) is 1. The van der Waals surface area contributed by atoms with E-state index in [0.717, 1.165) is 12.3 Å². The number of thiophene rings is 1. The summed E-state index contributed by atoms with van der Waals surface area (Å²) in [7, 11) is 0. The van der Waals surface area contributed by atoms with Crippen LogP contribution in [-0.4, -0.2) is 24.0 Å².